The molecule has 0 saturated carbocycles. The summed E-state index contributed by atoms with van der Waals surface area (Å²) in [7, 11) is 0. The van der Waals surface area contributed by atoms with Gasteiger partial charge in [-0.15, -0.1) is 0 Å². The molecule has 0 radical (unpaired) electrons. The Labute approximate surface area is 174 Å². The summed E-state index contributed by atoms with van der Waals surface area (Å²) in [4.78, 5) is 0. The van der Waals surface area contributed by atoms with Gasteiger partial charge in [0.15, 0.2) is 0 Å². The fourth-order valence-corrected chi connectivity index (χ4v) is 5.32. The molecule has 0 saturated heterocycles. The van der Waals surface area contributed by atoms with Crippen LogP contribution in [0.15, 0.2) is 109 Å². The van der Waals surface area contributed by atoms with E-state index in [1.807, 2.05) is 0 Å². The van der Waals surface area contributed by atoms with E-state index < -0.39 is 0 Å². The summed E-state index contributed by atoms with van der Waals surface area (Å²) in [5, 5.41) is 13.3. The van der Waals surface area contributed by atoms with Crippen LogP contribution in [0.1, 0.15) is 0 Å². The van der Waals surface area contributed by atoms with E-state index in [4.69, 9.17) is 0 Å². The quantitative estimate of drug-likeness (QED) is 0.198. The van der Waals surface area contributed by atoms with E-state index in [2.05, 4.69) is 109 Å². The van der Waals surface area contributed by atoms with E-state index in [0.29, 0.717) is 0 Å². The predicted molar refractivity (Wildman–Crippen MR) is 131 cm³/mol. The molecule has 0 aliphatic rings. The summed E-state index contributed by atoms with van der Waals surface area (Å²) >= 11 is 0. The monoisotopic (exact) mass is 378 g/mol. The van der Waals surface area contributed by atoms with E-state index in [-0.39, 0.29) is 0 Å². The van der Waals surface area contributed by atoms with E-state index in [0.717, 1.165) is 0 Å². The lowest BCUT2D eigenvalue weighted by Gasteiger charge is -2.18. The third-order valence-electron chi connectivity index (χ3n) is 6.59. The van der Waals surface area contributed by atoms with Crippen LogP contribution in [-0.4, -0.2) is 0 Å². The SMILES string of the molecule is c1ccc2c(-c3ccc4ccc5cccc6c7ccccc7c3c4c56)cccc2c1. The van der Waals surface area contributed by atoms with Crippen molar-refractivity contribution in [1.82, 2.24) is 0 Å². The Balaban J connectivity index is 1.80. The van der Waals surface area contributed by atoms with Crippen LogP contribution in [0.5, 0.6) is 0 Å². The van der Waals surface area contributed by atoms with E-state index in [1.54, 1.807) is 0 Å². The van der Waals surface area contributed by atoms with Crippen LogP contribution in [0.2, 0.25) is 0 Å². The van der Waals surface area contributed by atoms with Gasteiger partial charge < -0.3 is 0 Å². The van der Waals surface area contributed by atoms with Crippen molar-refractivity contribution >= 4 is 53.9 Å². The van der Waals surface area contributed by atoms with Crippen LogP contribution in [0, 0.1) is 0 Å². The summed E-state index contributed by atoms with van der Waals surface area (Å²) in [6, 6.07) is 40.0. The Morgan fingerprint density at radius 3 is 1.73 bits per heavy atom. The Morgan fingerprint density at radius 2 is 0.833 bits per heavy atom. The maximum absolute atomic E-state index is 2.32. The summed E-state index contributed by atoms with van der Waals surface area (Å²) in [6.45, 7) is 0. The third-order valence-corrected chi connectivity index (χ3v) is 6.59. The molecule has 0 aliphatic heterocycles. The molecule has 0 aromatic heterocycles. The van der Waals surface area contributed by atoms with Crippen molar-refractivity contribution in [2.75, 3.05) is 0 Å². The van der Waals surface area contributed by atoms with E-state index in [9.17, 15) is 0 Å². The second kappa shape index (κ2) is 5.81. The van der Waals surface area contributed by atoms with Crippen LogP contribution >= 0.6 is 0 Å². The smallest absolute Gasteiger partial charge is 0.00139 e. The zero-order chi connectivity index (χ0) is 19.7. The van der Waals surface area contributed by atoms with Crippen molar-refractivity contribution in [2.45, 2.75) is 0 Å². The van der Waals surface area contributed by atoms with Crippen molar-refractivity contribution in [2.24, 2.45) is 0 Å². The molecular formula is C30H18. The molecule has 0 spiro atoms. The Kier molecular flexibility index (Phi) is 3.09. The number of rotatable bonds is 1. The van der Waals surface area contributed by atoms with Gasteiger partial charge in [-0.05, 0) is 65.0 Å². The lowest BCUT2D eigenvalue weighted by molar-refractivity contribution is 1.71. The Hall–Kier alpha value is -3.90. The Morgan fingerprint density at radius 1 is 0.267 bits per heavy atom. The first-order chi connectivity index (χ1) is 14.9. The average Bonchev–Trinajstić information content (AvgIpc) is 2.82. The van der Waals surface area contributed by atoms with Crippen molar-refractivity contribution in [3.05, 3.63) is 109 Å². The molecule has 0 heteroatoms. The largest absolute Gasteiger partial charge is 0.0616 e. The van der Waals surface area contributed by atoms with Gasteiger partial charge in [-0.25, -0.2) is 0 Å². The summed E-state index contributed by atoms with van der Waals surface area (Å²) < 4.78 is 0. The van der Waals surface area contributed by atoms with Crippen LogP contribution in [0.25, 0.3) is 65.0 Å². The number of benzene rings is 7. The maximum atomic E-state index is 2.32. The minimum Gasteiger partial charge on any atom is -0.0616 e. The summed E-state index contributed by atoms with van der Waals surface area (Å²) in [5.74, 6) is 0. The highest BCUT2D eigenvalue weighted by Gasteiger charge is 2.17. The van der Waals surface area contributed by atoms with Crippen LogP contribution < -0.4 is 0 Å². The van der Waals surface area contributed by atoms with Crippen molar-refractivity contribution in [3.8, 4) is 11.1 Å². The van der Waals surface area contributed by atoms with Gasteiger partial charge >= 0.3 is 0 Å². The predicted octanol–water partition coefficient (Wildman–Crippen LogP) is 8.56. The number of fused-ring (bicyclic) bond motifs is 4. The molecule has 0 fully saturated rings. The summed E-state index contributed by atoms with van der Waals surface area (Å²) in [6.07, 6.45) is 0. The highest BCUT2D eigenvalue weighted by molar-refractivity contribution is 6.36. The van der Waals surface area contributed by atoms with Gasteiger partial charge in [-0.2, -0.15) is 0 Å². The van der Waals surface area contributed by atoms with Gasteiger partial charge in [-0.1, -0.05) is 109 Å². The number of hydrogen-bond acceptors (Lipinski definition) is 0. The fraction of sp³-hybridized carbons (Fsp3) is 0. The van der Waals surface area contributed by atoms with Crippen molar-refractivity contribution in [1.29, 1.82) is 0 Å². The topological polar surface area (TPSA) is 0 Å². The zero-order valence-corrected chi connectivity index (χ0v) is 16.4. The molecule has 0 amide bonds. The molecule has 30 heavy (non-hydrogen) atoms. The Bertz CT molecular complexity index is 1730. The lowest BCUT2D eigenvalue weighted by atomic mass is 9.85. The van der Waals surface area contributed by atoms with Gasteiger partial charge in [0.2, 0.25) is 0 Å². The van der Waals surface area contributed by atoms with Gasteiger partial charge in [0.1, 0.15) is 0 Å². The van der Waals surface area contributed by atoms with Crippen molar-refractivity contribution < 1.29 is 0 Å². The molecule has 0 N–H and O–H groups in total. The fourth-order valence-electron chi connectivity index (χ4n) is 5.32. The lowest BCUT2D eigenvalue weighted by Crippen LogP contribution is -1.90. The van der Waals surface area contributed by atoms with E-state index >= 15 is 0 Å². The van der Waals surface area contributed by atoms with E-state index in [1.165, 1.54) is 65.0 Å². The maximum Gasteiger partial charge on any atom is -0.00139 e. The highest BCUT2D eigenvalue weighted by atomic mass is 14.2. The number of hydrogen-bond donors (Lipinski definition) is 0. The second-order valence-electron chi connectivity index (χ2n) is 8.13. The first kappa shape index (κ1) is 16.0. The molecule has 0 aliphatic carbocycles. The molecule has 138 valence electrons. The molecule has 7 rings (SSSR count). The average molecular weight is 378 g/mol. The third kappa shape index (κ3) is 2.00. The first-order valence-corrected chi connectivity index (χ1v) is 10.5. The molecule has 7 aromatic carbocycles. The molecule has 0 heterocycles. The van der Waals surface area contributed by atoms with Crippen molar-refractivity contribution in [3.63, 3.8) is 0 Å². The molecule has 0 unspecified atom stereocenters. The summed E-state index contributed by atoms with van der Waals surface area (Å²) in [5.41, 5.74) is 2.62. The van der Waals surface area contributed by atoms with Crippen LogP contribution in [-0.2, 0) is 0 Å². The minimum absolute atomic E-state index is 1.28. The molecular weight excluding hydrogens is 360 g/mol. The molecule has 7 aromatic rings. The zero-order valence-electron chi connectivity index (χ0n) is 16.4. The van der Waals surface area contributed by atoms with Gasteiger partial charge in [0.05, 0.1) is 0 Å². The first-order valence-electron chi connectivity index (χ1n) is 10.5. The normalized spacial score (nSPS) is 12.0. The van der Waals surface area contributed by atoms with Crippen LogP contribution in [0.3, 0.4) is 0 Å². The highest BCUT2D eigenvalue weighted by Crippen LogP contribution is 2.45. The molecule has 0 atom stereocenters. The van der Waals surface area contributed by atoms with Gasteiger partial charge in [0.25, 0.3) is 0 Å². The van der Waals surface area contributed by atoms with Crippen LogP contribution in [0.4, 0.5) is 0 Å². The standard InChI is InChI=1S/C30H18/c1-2-10-22-19(7-1)8-5-13-23(22)27-18-17-21-16-15-20-9-6-14-25-24-11-3-4-12-26(24)30(27)29(21)28(20)25/h1-18H. The van der Waals surface area contributed by atoms with Gasteiger partial charge in [0, 0.05) is 0 Å². The molecule has 0 nitrogen and oxygen atoms in total. The minimum atomic E-state index is 1.28. The van der Waals surface area contributed by atoms with Gasteiger partial charge in [-0.3, -0.25) is 0 Å². The molecule has 0 bridgehead atoms. The second-order valence-corrected chi connectivity index (χ2v) is 8.13.